The molecule has 4 heteroatoms. The predicted molar refractivity (Wildman–Crippen MR) is 41.3 cm³/mol. The summed E-state index contributed by atoms with van der Waals surface area (Å²) in [7, 11) is -0.886. The molecule has 0 aliphatic heterocycles. The van der Waals surface area contributed by atoms with Gasteiger partial charge < -0.3 is 13.6 Å². The Labute approximate surface area is 62.5 Å². The zero-order valence-electron chi connectivity index (χ0n) is 6.82. The molecule has 0 aromatic carbocycles. The standard InChI is InChI=1S/C6H15FO2Si/c1-8-4-5-9-6-10(2,3)7/h4-6H2,1-3H3. The molecule has 0 aliphatic carbocycles. The topological polar surface area (TPSA) is 18.5 Å². The Bertz CT molecular complexity index is 82.3. The molecular formula is C6H15FO2Si. The summed E-state index contributed by atoms with van der Waals surface area (Å²) >= 11 is 0. The molecule has 0 aromatic heterocycles. The third kappa shape index (κ3) is 8.07. The van der Waals surface area contributed by atoms with Gasteiger partial charge in [0.2, 0.25) is 0 Å². The second kappa shape index (κ2) is 4.82. The molecule has 0 bridgehead atoms. The molecule has 0 atom stereocenters. The van der Waals surface area contributed by atoms with Gasteiger partial charge in [0.1, 0.15) is 0 Å². The van der Waals surface area contributed by atoms with E-state index in [1.807, 2.05) is 0 Å². The number of halogens is 1. The average molecular weight is 166 g/mol. The maximum absolute atomic E-state index is 12.8. The molecule has 0 radical (unpaired) electrons. The van der Waals surface area contributed by atoms with Crippen LogP contribution in [0.4, 0.5) is 4.11 Å². The van der Waals surface area contributed by atoms with Crippen LogP contribution in [-0.4, -0.2) is 35.0 Å². The average Bonchev–Trinajstić information content (AvgIpc) is 1.78. The second-order valence-corrected chi connectivity index (χ2v) is 6.49. The first-order chi connectivity index (χ1) is 4.56. The minimum atomic E-state index is -2.48. The molecular weight excluding hydrogens is 151 g/mol. The van der Waals surface area contributed by atoms with E-state index in [4.69, 9.17) is 9.47 Å². The number of hydrogen-bond acceptors (Lipinski definition) is 2. The Balaban J connectivity index is 3.04. The molecule has 0 heterocycles. The van der Waals surface area contributed by atoms with E-state index in [9.17, 15) is 4.11 Å². The van der Waals surface area contributed by atoms with Gasteiger partial charge in [-0.15, -0.1) is 0 Å². The van der Waals surface area contributed by atoms with Crippen molar-refractivity contribution >= 4 is 8.41 Å². The normalized spacial score (nSPS) is 12.0. The van der Waals surface area contributed by atoms with Crippen molar-refractivity contribution in [1.29, 1.82) is 0 Å². The Morgan fingerprint density at radius 2 is 1.90 bits per heavy atom. The van der Waals surface area contributed by atoms with E-state index in [1.165, 1.54) is 0 Å². The minimum Gasteiger partial charge on any atom is -0.382 e. The summed E-state index contributed by atoms with van der Waals surface area (Å²) in [4.78, 5) is 0. The molecule has 0 saturated heterocycles. The number of methoxy groups -OCH3 is 1. The fourth-order valence-corrected chi connectivity index (χ4v) is 1.09. The highest BCUT2D eigenvalue weighted by Crippen LogP contribution is 2.02. The third-order valence-electron chi connectivity index (χ3n) is 0.877. The largest absolute Gasteiger partial charge is 0.382 e. The molecule has 0 rings (SSSR count). The Hall–Kier alpha value is 0.0669. The number of hydrogen-bond donors (Lipinski definition) is 0. The zero-order valence-corrected chi connectivity index (χ0v) is 7.82. The van der Waals surface area contributed by atoms with Gasteiger partial charge in [-0.2, -0.15) is 0 Å². The van der Waals surface area contributed by atoms with Crippen LogP contribution >= 0.6 is 0 Å². The van der Waals surface area contributed by atoms with E-state index < -0.39 is 8.41 Å². The highest BCUT2D eigenvalue weighted by atomic mass is 28.4. The van der Waals surface area contributed by atoms with Gasteiger partial charge in [0, 0.05) is 7.11 Å². The maximum Gasteiger partial charge on any atom is 0.266 e. The first-order valence-electron chi connectivity index (χ1n) is 3.32. The lowest BCUT2D eigenvalue weighted by atomic mass is 10.8. The van der Waals surface area contributed by atoms with Gasteiger partial charge >= 0.3 is 0 Å². The van der Waals surface area contributed by atoms with Crippen molar-refractivity contribution in [3.8, 4) is 0 Å². The molecule has 0 saturated carbocycles. The summed E-state index contributed by atoms with van der Waals surface area (Å²) in [5, 5.41) is 0. The highest BCUT2D eigenvalue weighted by Gasteiger charge is 2.19. The Morgan fingerprint density at radius 3 is 2.30 bits per heavy atom. The predicted octanol–water partition coefficient (Wildman–Crippen LogP) is 1.36. The lowest BCUT2D eigenvalue weighted by molar-refractivity contribution is 0.0886. The highest BCUT2D eigenvalue weighted by molar-refractivity contribution is 6.70. The fourth-order valence-electron chi connectivity index (χ4n) is 0.457. The monoisotopic (exact) mass is 166 g/mol. The van der Waals surface area contributed by atoms with Gasteiger partial charge in [0.15, 0.2) is 0 Å². The quantitative estimate of drug-likeness (QED) is 0.349. The summed E-state index contributed by atoms with van der Waals surface area (Å²) in [6.07, 6.45) is 0.274. The molecule has 0 aliphatic rings. The van der Waals surface area contributed by atoms with E-state index in [0.29, 0.717) is 13.2 Å². The first-order valence-corrected chi connectivity index (χ1v) is 6.40. The van der Waals surface area contributed by atoms with E-state index in [2.05, 4.69) is 0 Å². The Kier molecular flexibility index (Phi) is 4.85. The van der Waals surface area contributed by atoms with Gasteiger partial charge in [-0.1, -0.05) is 0 Å². The molecule has 62 valence electrons. The van der Waals surface area contributed by atoms with Crippen LogP contribution in [0.1, 0.15) is 0 Å². The van der Waals surface area contributed by atoms with Crippen molar-refractivity contribution in [2.75, 3.05) is 26.6 Å². The molecule has 0 fully saturated rings. The smallest absolute Gasteiger partial charge is 0.266 e. The van der Waals surface area contributed by atoms with Gasteiger partial charge in [-0.3, -0.25) is 0 Å². The number of ether oxygens (including phenoxy) is 2. The van der Waals surface area contributed by atoms with Gasteiger partial charge in [-0.25, -0.2) is 0 Å². The first kappa shape index (κ1) is 10.1. The number of rotatable bonds is 5. The Morgan fingerprint density at radius 1 is 1.30 bits per heavy atom. The van der Waals surface area contributed by atoms with Crippen LogP contribution in [0.15, 0.2) is 0 Å². The van der Waals surface area contributed by atoms with Crippen molar-refractivity contribution in [2.45, 2.75) is 13.1 Å². The van der Waals surface area contributed by atoms with Crippen molar-refractivity contribution in [1.82, 2.24) is 0 Å². The zero-order chi connectivity index (χ0) is 8.04. The summed E-state index contributed by atoms with van der Waals surface area (Å²) < 4.78 is 22.5. The molecule has 0 unspecified atom stereocenters. The molecule has 0 N–H and O–H groups in total. The fraction of sp³-hybridized carbons (Fsp3) is 1.00. The van der Waals surface area contributed by atoms with Crippen LogP contribution in [0.2, 0.25) is 13.1 Å². The second-order valence-electron chi connectivity index (χ2n) is 2.76. The molecule has 10 heavy (non-hydrogen) atoms. The van der Waals surface area contributed by atoms with Crippen LogP contribution in [0.25, 0.3) is 0 Å². The van der Waals surface area contributed by atoms with Crippen molar-refractivity contribution in [3.63, 3.8) is 0 Å². The SMILES string of the molecule is COCCOC[Si](C)(C)F. The van der Waals surface area contributed by atoms with Crippen LogP contribution in [0.3, 0.4) is 0 Å². The lowest BCUT2D eigenvalue weighted by Gasteiger charge is -2.10. The van der Waals surface area contributed by atoms with Crippen molar-refractivity contribution in [3.05, 3.63) is 0 Å². The molecule has 0 amide bonds. The summed E-state index contributed by atoms with van der Waals surface area (Å²) in [6, 6.07) is 0. The molecule has 0 aromatic rings. The van der Waals surface area contributed by atoms with Gasteiger partial charge in [0.25, 0.3) is 8.41 Å². The summed E-state index contributed by atoms with van der Waals surface area (Å²) in [5.41, 5.74) is 0. The van der Waals surface area contributed by atoms with Gasteiger partial charge in [0.05, 0.1) is 19.4 Å². The van der Waals surface area contributed by atoms with Crippen LogP contribution in [-0.2, 0) is 9.47 Å². The van der Waals surface area contributed by atoms with E-state index in [0.717, 1.165) is 0 Å². The lowest BCUT2D eigenvalue weighted by Crippen LogP contribution is -2.27. The summed E-state index contributed by atoms with van der Waals surface area (Å²) in [5.74, 6) is 0. The third-order valence-corrected chi connectivity index (χ3v) is 1.77. The maximum atomic E-state index is 12.8. The van der Waals surface area contributed by atoms with Crippen molar-refractivity contribution < 1.29 is 13.6 Å². The van der Waals surface area contributed by atoms with Gasteiger partial charge in [-0.05, 0) is 13.1 Å². The molecule has 0 spiro atoms. The van der Waals surface area contributed by atoms with Crippen molar-refractivity contribution in [2.24, 2.45) is 0 Å². The minimum absolute atomic E-state index is 0.274. The van der Waals surface area contributed by atoms with E-state index >= 15 is 0 Å². The molecule has 2 nitrogen and oxygen atoms in total. The summed E-state index contributed by atoms with van der Waals surface area (Å²) in [6.45, 7) is 4.29. The van der Waals surface area contributed by atoms with E-state index in [1.54, 1.807) is 20.2 Å². The van der Waals surface area contributed by atoms with Crippen LogP contribution in [0.5, 0.6) is 0 Å². The van der Waals surface area contributed by atoms with Crippen LogP contribution < -0.4 is 0 Å². The van der Waals surface area contributed by atoms with Crippen LogP contribution in [0, 0.1) is 0 Å². The van der Waals surface area contributed by atoms with E-state index in [-0.39, 0.29) is 6.23 Å².